The summed E-state index contributed by atoms with van der Waals surface area (Å²) in [5, 5.41) is 0. The maximum atomic E-state index is 11.4. The van der Waals surface area contributed by atoms with Gasteiger partial charge in [0, 0.05) is 30.9 Å². The second-order valence-corrected chi connectivity index (χ2v) is 6.24. The van der Waals surface area contributed by atoms with Crippen molar-refractivity contribution in [2.75, 3.05) is 0 Å². The van der Waals surface area contributed by atoms with E-state index in [1.54, 1.807) is 6.92 Å². The molecule has 1 aliphatic carbocycles. The van der Waals surface area contributed by atoms with Crippen LogP contribution in [0.5, 0.6) is 0 Å². The van der Waals surface area contributed by atoms with Gasteiger partial charge in [0.2, 0.25) is 0 Å². The van der Waals surface area contributed by atoms with Crippen LogP contribution in [-0.4, -0.2) is 15.8 Å². The van der Waals surface area contributed by atoms with Gasteiger partial charge < -0.3 is 4.98 Å². The molecular formula is C17H22N2OV. The number of H-pyrrole nitrogens is 1. The molecule has 1 aromatic carbocycles. The average molecular weight is 321 g/mol. The summed E-state index contributed by atoms with van der Waals surface area (Å²) in [4.78, 5) is 19.5. The quantitative estimate of drug-likeness (QED) is 0.934. The number of ketones is 1. The third-order valence-corrected chi connectivity index (χ3v) is 4.59. The molecule has 1 aromatic heterocycles. The minimum atomic E-state index is 0. The van der Waals surface area contributed by atoms with E-state index in [4.69, 9.17) is 0 Å². The van der Waals surface area contributed by atoms with Crippen molar-refractivity contribution < 1.29 is 23.4 Å². The van der Waals surface area contributed by atoms with E-state index in [0.717, 1.165) is 49.0 Å². The third-order valence-electron chi connectivity index (χ3n) is 4.59. The zero-order valence-electron chi connectivity index (χ0n) is 12.7. The van der Waals surface area contributed by atoms with Crippen molar-refractivity contribution in [3.63, 3.8) is 0 Å². The van der Waals surface area contributed by atoms with Gasteiger partial charge in [0.15, 0.2) is 0 Å². The first-order chi connectivity index (χ1) is 9.61. The second-order valence-electron chi connectivity index (χ2n) is 6.24. The van der Waals surface area contributed by atoms with Crippen molar-refractivity contribution in [1.29, 1.82) is 0 Å². The van der Waals surface area contributed by atoms with Crippen LogP contribution in [0.25, 0.3) is 11.0 Å². The predicted molar refractivity (Wildman–Crippen MR) is 80.7 cm³/mol. The van der Waals surface area contributed by atoms with Crippen molar-refractivity contribution in [3.05, 3.63) is 29.6 Å². The van der Waals surface area contributed by atoms with Gasteiger partial charge in [-0.1, -0.05) is 6.07 Å². The molecule has 1 N–H and O–H groups in total. The maximum Gasteiger partial charge on any atom is 0.132 e. The Labute approximate surface area is 137 Å². The molecule has 0 amide bonds. The second kappa shape index (κ2) is 6.80. The molecule has 0 spiro atoms. The van der Waals surface area contributed by atoms with Gasteiger partial charge >= 0.3 is 0 Å². The largest absolute Gasteiger partial charge is 0.342 e. The Morgan fingerprint density at radius 1 is 1.29 bits per heavy atom. The van der Waals surface area contributed by atoms with Crippen molar-refractivity contribution in [3.8, 4) is 0 Å². The third kappa shape index (κ3) is 3.78. The molecule has 4 heteroatoms. The van der Waals surface area contributed by atoms with E-state index in [2.05, 4.69) is 35.1 Å². The first-order valence-corrected chi connectivity index (χ1v) is 7.57. The number of rotatable bonds is 3. The van der Waals surface area contributed by atoms with Crippen LogP contribution in [-0.2, 0) is 29.8 Å². The number of carbonyl (C=O) groups excluding carboxylic acids is 1. The van der Waals surface area contributed by atoms with Crippen LogP contribution in [0, 0.1) is 18.8 Å². The van der Waals surface area contributed by atoms with Gasteiger partial charge in [-0.05, 0) is 63.1 Å². The molecule has 21 heavy (non-hydrogen) atoms. The summed E-state index contributed by atoms with van der Waals surface area (Å²) >= 11 is 0. The van der Waals surface area contributed by atoms with Gasteiger partial charge in [-0.15, -0.1) is 0 Å². The minimum Gasteiger partial charge on any atom is -0.342 e. The summed E-state index contributed by atoms with van der Waals surface area (Å²) in [5.74, 6) is 2.44. The van der Waals surface area contributed by atoms with Crippen LogP contribution >= 0.6 is 0 Å². The molecule has 1 radical (unpaired) electrons. The number of nitrogens with zero attached hydrogens (tertiary/aromatic N) is 1. The van der Waals surface area contributed by atoms with Crippen LogP contribution in [0.4, 0.5) is 0 Å². The van der Waals surface area contributed by atoms with E-state index in [9.17, 15) is 4.79 Å². The summed E-state index contributed by atoms with van der Waals surface area (Å²) in [7, 11) is 0. The molecule has 111 valence electrons. The van der Waals surface area contributed by atoms with E-state index in [1.165, 1.54) is 5.56 Å². The van der Waals surface area contributed by atoms with Gasteiger partial charge in [0.05, 0.1) is 11.0 Å². The number of Topliss-reactive ketones (excluding diaryl/α,β-unsaturated/α-hetero) is 1. The Bertz CT molecular complexity index is 627. The number of aryl methyl sites for hydroxylation is 1. The van der Waals surface area contributed by atoms with Gasteiger partial charge in [-0.3, -0.25) is 4.79 Å². The molecule has 1 fully saturated rings. The number of aromatic amines is 1. The Morgan fingerprint density at radius 3 is 2.67 bits per heavy atom. The SMILES string of the molecule is CC(=O)C1CCC(Cc2nc3ccc(C)cc3[nH]2)CC1.[V]. The predicted octanol–water partition coefficient (Wildman–Crippen LogP) is 3.81. The van der Waals surface area contributed by atoms with Crippen molar-refractivity contribution in [1.82, 2.24) is 9.97 Å². The molecule has 0 unspecified atom stereocenters. The molecule has 1 saturated carbocycles. The minimum absolute atomic E-state index is 0. The molecule has 1 heterocycles. The number of fused-ring (bicyclic) bond motifs is 1. The first kappa shape index (κ1) is 16.3. The van der Waals surface area contributed by atoms with Crippen molar-refractivity contribution in [2.24, 2.45) is 11.8 Å². The molecule has 0 aliphatic heterocycles. The topological polar surface area (TPSA) is 45.8 Å². The fourth-order valence-electron chi connectivity index (χ4n) is 3.32. The van der Waals surface area contributed by atoms with Gasteiger partial charge in [-0.25, -0.2) is 4.98 Å². The van der Waals surface area contributed by atoms with Gasteiger partial charge in [0.25, 0.3) is 0 Å². The van der Waals surface area contributed by atoms with E-state index in [-0.39, 0.29) is 18.6 Å². The molecule has 0 bridgehead atoms. The Hall–Kier alpha value is -1.06. The Morgan fingerprint density at radius 2 is 2.00 bits per heavy atom. The summed E-state index contributed by atoms with van der Waals surface area (Å²) in [6.07, 6.45) is 5.43. The van der Waals surface area contributed by atoms with E-state index < -0.39 is 0 Å². The normalized spacial score (nSPS) is 22.0. The van der Waals surface area contributed by atoms with Crippen LogP contribution in [0.3, 0.4) is 0 Å². The maximum absolute atomic E-state index is 11.4. The summed E-state index contributed by atoms with van der Waals surface area (Å²) in [6, 6.07) is 6.33. The smallest absolute Gasteiger partial charge is 0.132 e. The number of nitrogens with one attached hydrogen (secondary N) is 1. The molecule has 1 aliphatic rings. The summed E-state index contributed by atoms with van der Waals surface area (Å²) in [6.45, 7) is 3.83. The monoisotopic (exact) mass is 321 g/mol. The number of imidazole rings is 1. The molecule has 0 saturated heterocycles. The Kier molecular flexibility index (Phi) is 5.29. The number of carbonyl (C=O) groups is 1. The standard InChI is InChI=1S/C17H22N2O.V/c1-11-3-8-15-16(9-11)19-17(18-15)10-13-4-6-14(7-5-13)12(2)20;/h3,8-9,13-14H,4-7,10H2,1-2H3,(H,18,19);. The number of aromatic nitrogens is 2. The van der Waals surface area contributed by atoms with E-state index in [1.807, 2.05) is 0 Å². The van der Waals surface area contributed by atoms with Crippen LogP contribution < -0.4 is 0 Å². The fourth-order valence-corrected chi connectivity index (χ4v) is 3.32. The van der Waals surface area contributed by atoms with Crippen LogP contribution in [0.1, 0.15) is 44.0 Å². The molecule has 3 nitrogen and oxygen atoms in total. The summed E-state index contributed by atoms with van der Waals surface area (Å²) in [5.41, 5.74) is 3.45. The van der Waals surface area contributed by atoms with Crippen molar-refractivity contribution >= 4 is 16.8 Å². The number of hydrogen-bond donors (Lipinski definition) is 1. The first-order valence-electron chi connectivity index (χ1n) is 7.57. The molecule has 0 atom stereocenters. The molecular weight excluding hydrogens is 299 g/mol. The number of benzene rings is 1. The van der Waals surface area contributed by atoms with Gasteiger partial charge in [-0.2, -0.15) is 0 Å². The van der Waals surface area contributed by atoms with E-state index in [0.29, 0.717) is 17.6 Å². The van der Waals surface area contributed by atoms with Crippen LogP contribution in [0.2, 0.25) is 0 Å². The Balaban J connectivity index is 0.00000161. The summed E-state index contributed by atoms with van der Waals surface area (Å²) < 4.78 is 0. The van der Waals surface area contributed by atoms with Crippen molar-refractivity contribution in [2.45, 2.75) is 46.0 Å². The van der Waals surface area contributed by atoms with Crippen LogP contribution in [0.15, 0.2) is 18.2 Å². The average Bonchev–Trinajstić information content (AvgIpc) is 2.80. The molecule has 2 aromatic rings. The fraction of sp³-hybridized carbons (Fsp3) is 0.529. The zero-order valence-corrected chi connectivity index (χ0v) is 14.1. The van der Waals surface area contributed by atoms with Gasteiger partial charge in [0.1, 0.15) is 11.6 Å². The molecule has 3 rings (SSSR count). The van der Waals surface area contributed by atoms with E-state index >= 15 is 0 Å². The zero-order chi connectivity index (χ0) is 14.1. The number of hydrogen-bond acceptors (Lipinski definition) is 2.